The predicted molar refractivity (Wildman–Crippen MR) is 103 cm³/mol. The predicted octanol–water partition coefficient (Wildman–Crippen LogP) is 1.33. The number of hydrogen-bond acceptors (Lipinski definition) is 5. The number of carbonyl (C=O) groups is 2. The van der Waals surface area contributed by atoms with Gasteiger partial charge in [0.1, 0.15) is 11.9 Å². The molecule has 0 radical (unpaired) electrons. The number of nitrogens with two attached hydrogens (primary N) is 1. The summed E-state index contributed by atoms with van der Waals surface area (Å²) in [5.41, 5.74) is 5.76. The molecule has 1 fully saturated rings. The smallest absolute Gasteiger partial charge is 0.251 e. The van der Waals surface area contributed by atoms with Crippen molar-refractivity contribution in [2.75, 3.05) is 29.9 Å². The molecule has 148 valence electrons. The number of anilines is 1. The monoisotopic (exact) mass is 405 g/mol. The molecule has 0 bridgehead atoms. The Morgan fingerprint density at radius 1 is 1.07 bits per heavy atom. The van der Waals surface area contributed by atoms with E-state index in [-0.39, 0.29) is 35.8 Å². The molecule has 2 aromatic carbocycles. The highest BCUT2D eigenvalue weighted by atomic mass is 32.2. The fourth-order valence-electron chi connectivity index (χ4n) is 3.15. The van der Waals surface area contributed by atoms with Crippen LogP contribution >= 0.6 is 0 Å². The van der Waals surface area contributed by atoms with E-state index in [2.05, 4.69) is 5.32 Å². The topological polar surface area (TPSA) is 110 Å². The number of rotatable bonds is 5. The molecule has 3 rings (SSSR count). The first kappa shape index (κ1) is 20.0. The Bertz CT molecular complexity index is 981. The SMILES string of the molecule is NC(=O)c1cc(NC(=O)C(c2ccccc2)N2CCS(=O)(=O)CC2)ccc1F. The van der Waals surface area contributed by atoms with E-state index < -0.39 is 33.5 Å². The van der Waals surface area contributed by atoms with Crippen LogP contribution in [0.15, 0.2) is 48.5 Å². The average molecular weight is 405 g/mol. The Morgan fingerprint density at radius 2 is 1.71 bits per heavy atom. The van der Waals surface area contributed by atoms with Gasteiger partial charge in [-0.25, -0.2) is 12.8 Å². The van der Waals surface area contributed by atoms with Crippen molar-refractivity contribution in [3.05, 3.63) is 65.5 Å². The van der Waals surface area contributed by atoms with Gasteiger partial charge in [0.15, 0.2) is 9.84 Å². The largest absolute Gasteiger partial charge is 0.366 e. The third kappa shape index (κ3) is 4.55. The summed E-state index contributed by atoms with van der Waals surface area (Å²) in [6, 6.07) is 11.8. The minimum Gasteiger partial charge on any atom is -0.366 e. The summed E-state index contributed by atoms with van der Waals surface area (Å²) in [6.07, 6.45) is 0. The highest BCUT2D eigenvalue weighted by molar-refractivity contribution is 7.91. The molecule has 0 saturated carbocycles. The van der Waals surface area contributed by atoms with Gasteiger partial charge < -0.3 is 11.1 Å². The molecule has 3 N–H and O–H groups in total. The molecule has 1 saturated heterocycles. The van der Waals surface area contributed by atoms with E-state index in [9.17, 15) is 22.4 Å². The molecule has 1 heterocycles. The molecule has 0 aromatic heterocycles. The number of nitrogens with zero attached hydrogens (tertiary/aromatic N) is 1. The third-order valence-corrected chi connectivity index (χ3v) is 6.22. The number of benzene rings is 2. The van der Waals surface area contributed by atoms with E-state index in [1.54, 1.807) is 29.2 Å². The molecule has 7 nitrogen and oxygen atoms in total. The number of halogens is 1. The van der Waals surface area contributed by atoms with Gasteiger partial charge in [-0.2, -0.15) is 0 Å². The number of amides is 2. The summed E-state index contributed by atoms with van der Waals surface area (Å²) in [4.78, 5) is 26.2. The summed E-state index contributed by atoms with van der Waals surface area (Å²) < 4.78 is 37.2. The fraction of sp³-hybridized carbons (Fsp3) is 0.263. The van der Waals surface area contributed by atoms with Gasteiger partial charge in [-0.15, -0.1) is 0 Å². The van der Waals surface area contributed by atoms with Gasteiger partial charge in [0.25, 0.3) is 5.91 Å². The zero-order valence-corrected chi connectivity index (χ0v) is 15.8. The van der Waals surface area contributed by atoms with Crippen LogP contribution < -0.4 is 11.1 Å². The van der Waals surface area contributed by atoms with Crippen LogP contribution in [0.5, 0.6) is 0 Å². The quantitative estimate of drug-likeness (QED) is 0.780. The molecule has 2 amide bonds. The Labute approximate surface area is 162 Å². The summed E-state index contributed by atoms with van der Waals surface area (Å²) >= 11 is 0. The first-order valence-corrected chi connectivity index (χ1v) is 10.5. The molecule has 1 aliphatic heterocycles. The van der Waals surface area contributed by atoms with Crippen molar-refractivity contribution in [1.82, 2.24) is 4.90 Å². The molecule has 2 aromatic rings. The average Bonchev–Trinajstić information content (AvgIpc) is 2.65. The zero-order valence-electron chi connectivity index (χ0n) is 15.0. The van der Waals surface area contributed by atoms with E-state index >= 15 is 0 Å². The molecule has 0 spiro atoms. The second-order valence-corrected chi connectivity index (χ2v) is 8.85. The van der Waals surface area contributed by atoms with Crippen molar-refractivity contribution in [3.63, 3.8) is 0 Å². The number of carbonyl (C=O) groups excluding carboxylic acids is 2. The normalized spacial score (nSPS) is 17.6. The Hall–Kier alpha value is -2.78. The van der Waals surface area contributed by atoms with Gasteiger partial charge in [-0.3, -0.25) is 14.5 Å². The number of nitrogens with one attached hydrogen (secondary N) is 1. The van der Waals surface area contributed by atoms with Crippen molar-refractivity contribution in [1.29, 1.82) is 0 Å². The summed E-state index contributed by atoms with van der Waals surface area (Å²) in [7, 11) is -3.10. The zero-order chi connectivity index (χ0) is 20.3. The van der Waals surface area contributed by atoms with E-state index in [0.717, 1.165) is 6.07 Å². The molecule has 9 heteroatoms. The van der Waals surface area contributed by atoms with Crippen LogP contribution in [-0.4, -0.2) is 49.7 Å². The van der Waals surface area contributed by atoms with Crippen molar-refractivity contribution in [2.45, 2.75) is 6.04 Å². The molecule has 28 heavy (non-hydrogen) atoms. The highest BCUT2D eigenvalue weighted by Gasteiger charge is 2.32. The summed E-state index contributed by atoms with van der Waals surface area (Å²) in [5, 5.41) is 2.68. The lowest BCUT2D eigenvalue weighted by Gasteiger charge is -2.33. The Balaban J connectivity index is 1.87. The van der Waals surface area contributed by atoms with Crippen LogP contribution in [0.3, 0.4) is 0 Å². The van der Waals surface area contributed by atoms with E-state index in [4.69, 9.17) is 5.73 Å². The Kier molecular flexibility index (Phi) is 5.76. The van der Waals surface area contributed by atoms with Crippen LogP contribution in [0, 0.1) is 5.82 Å². The lowest BCUT2D eigenvalue weighted by molar-refractivity contribution is -0.121. The summed E-state index contributed by atoms with van der Waals surface area (Å²) in [6.45, 7) is 0.455. The lowest BCUT2D eigenvalue weighted by Crippen LogP contribution is -2.46. The molecular formula is C19H20FN3O4S. The van der Waals surface area contributed by atoms with Crippen LogP contribution in [0.4, 0.5) is 10.1 Å². The standard InChI is InChI=1S/C19H20FN3O4S/c20-16-7-6-14(12-15(16)18(21)24)22-19(25)17(13-4-2-1-3-5-13)23-8-10-28(26,27)11-9-23/h1-7,12,17H,8-11H2,(H2,21,24)(H,22,25). The van der Waals surface area contributed by atoms with Crippen molar-refractivity contribution in [3.8, 4) is 0 Å². The van der Waals surface area contributed by atoms with E-state index in [0.29, 0.717) is 5.56 Å². The van der Waals surface area contributed by atoms with Gasteiger partial charge in [0.05, 0.1) is 17.1 Å². The summed E-state index contributed by atoms with van der Waals surface area (Å²) in [5.74, 6) is -2.16. The van der Waals surface area contributed by atoms with Crippen molar-refractivity contribution >= 4 is 27.3 Å². The second kappa shape index (κ2) is 8.07. The maximum atomic E-state index is 13.7. The maximum absolute atomic E-state index is 13.7. The van der Waals surface area contributed by atoms with E-state index in [1.807, 2.05) is 6.07 Å². The number of hydrogen-bond donors (Lipinski definition) is 2. The Morgan fingerprint density at radius 3 is 2.32 bits per heavy atom. The van der Waals surface area contributed by atoms with E-state index in [1.165, 1.54) is 12.1 Å². The van der Waals surface area contributed by atoms with Gasteiger partial charge in [0.2, 0.25) is 5.91 Å². The van der Waals surface area contributed by atoms with Crippen LogP contribution in [0.25, 0.3) is 0 Å². The van der Waals surface area contributed by atoms with Crippen LogP contribution in [0.1, 0.15) is 22.0 Å². The minimum absolute atomic E-state index is 0.0218. The third-order valence-electron chi connectivity index (χ3n) is 4.61. The molecule has 0 aliphatic carbocycles. The van der Waals surface area contributed by atoms with Gasteiger partial charge in [-0.05, 0) is 23.8 Å². The first-order chi connectivity index (χ1) is 13.3. The number of sulfone groups is 1. The van der Waals surface area contributed by atoms with Crippen LogP contribution in [0.2, 0.25) is 0 Å². The molecule has 1 aliphatic rings. The van der Waals surface area contributed by atoms with Gasteiger partial charge >= 0.3 is 0 Å². The van der Waals surface area contributed by atoms with Gasteiger partial charge in [-0.1, -0.05) is 30.3 Å². The van der Waals surface area contributed by atoms with Gasteiger partial charge in [0, 0.05) is 18.8 Å². The maximum Gasteiger partial charge on any atom is 0.251 e. The molecule has 1 atom stereocenters. The van der Waals surface area contributed by atoms with Crippen molar-refractivity contribution in [2.24, 2.45) is 5.73 Å². The molecule has 1 unspecified atom stereocenters. The number of primary amides is 1. The second-order valence-electron chi connectivity index (χ2n) is 6.55. The lowest BCUT2D eigenvalue weighted by atomic mass is 10.0. The minimum atomic E-state index is -3.10. The highest BCUT2D eigenvalue weighted by Crippen LogP contribution is 2.25. The fourth-order valence-corrected chi connectivity index (χ4v) is 4.38. The molecular weight excluding hydrogens is 385 g/mol. The van der Waals surface area contributed by atoms with Crippen molar-refractivity contribution < 1.29 is 22.4 Å². The van der Waals surface area contributed by atoms with Crippen LogP contribution in [-0.2, 0) is 14.6 Å². The first-order valence-electron chi connectivity index (χ1n) is 8.66.